The second kappa shape index (κ2) is 35.0. The molecular weight excluding hydrogens is 434 g/mol. The van der Waals surface area contributed by atoms with E-state index in [1.807, 2.05) is 0 Å². The molecule has 0 heterocycles. The van der Waals surface area contributed by atoms with Gasteiger partial charge in [0, 0.05) is 0 Å². The first kappa shape index (κ1) is 36.0. The molecule has 1 heteroatoms. The fraction of sp³-hybridized carbons (Fsp3) is 1.00. The van der Waals surface area contributed by atoms with Crippen molar-refractivity contribution in [2.45, 2.75) is 213 Å². The zero-order chi connectivity index (χ0) is 26.0. The van der Waals surface area contributed by atoms with E-state index >= 15 is 0 Å². The molecule has 218 valence electrons. The van der Waals surface area contributed by atoms with E-state index in [1.165, 1.54) is 212 Å². The topological polar surface area (TPSA) is 12.0 Å². The van der Waals surface area contributed by atoms with Gasteiger partial charge in [0.1, 0.15) is 0 Å². The highest BCUT2D eigenvalue weighted by molar-refractivity contribution is 4.54. The van der Waals surface area contributed by atoms with Crippen molar-refractivity contribution < 1.29 is 0 Å². The van der Waals surface area contributed by atoms with Gasteiger partial charge in [-0.05, 0) is 25.9 Å². The van der Waals surface area contributed by atoms with Crippen LogP contribution in [-0.2, 0) is 0 Å². The van der Waals surface area contributed by atoms with Crippen LogP contribution in [0.5, 0.6) is 0 Å². The summed E-state index contributed by atoms with van der Waals surface area (Å²) in [5, 5.41) is 3.68. The zero-order valence-electron chi connectivity index (χ0n) is 25.8. The van der Waals surface area contributed by atoms with Gasteiger partial charge >= 0.3 is 0 Å². The summed E-state index contributed by atoms with van der Waals surface area (Å²) in [4.78, 5) is 0. The van der Waals surface area contributed by atoms with Gasteiger partial charge in [0.2, 0.25) is 0 Å². The normalized spacial score (nSPS) is 11.5. The largest absolute Gasteiger partial charge is 0.317 e. The van der Waals surface area contributed by atoms with Gasteiger partial charge in [-0.25, -0.2) is 0 Å². The highest BCUT2D eigenvalue weighted by Gasteiger charge is 1.96. The minimum absolute atomic E-state index is 1.25. The van der Waals surface area contributed by atoms with E-state index in [0.29, 0.717) is 0 Å². The van der Waals surface area contributed by atoms with Gasteiger partial charge in [-0.15, -0.1) is 0 Å². The molecule has 0 unspecified atom stereocenters. The molecule has 0 bridgehead atoms. The number of hydrogen-bond donors (Lipinski definition) is 1. The maximum atomic E-state index is 3.68. The fourth-order valence-electron chi connectivity index (χ4n) is 5.54. The molecule has 0 amide bonds. The third-order valence-corrected chi connectivity index (χ3v) is 8.16. The Morgan fingerprint density at radius 3 is 0.583 bits per heavy atom. The second-order valence-electron chi connectivity index (χ2n) is 12.0. The predicted octanol–water partition coefficient (Wildman–Crippen LogP) is 12.7. The SMILES string of the molecule is CCCCCCCCCCCCCCCCCCCNCCCCCCCCCCCCCCCC. The molecule has 1 nitrogen and oxygen atoms in total. The van der Waals surface area contributed by atoms with Gasteiger partial charge in [0.15, 0.2) is 0 Å². The third-order valence-electron chi connectivity index (χ3n) is 8.16. The van der Waals surface area contributed by atoms with Crippen LogP contribution in [0.1, 0.15) is 213 Å². The highest BCUT2D eigenvalue weighted by Crippen LogP contribution is 2.15. The Morgan fingerprint density at radius 2 is 0.389 bits per heavy atom. The van der Waals surface area contributed by atoms with Gasteiger partial charge in [-0.3, -0.25) is 0 Å². The Labute approximate surface area is 231 Å². The molecule has 0 atom stereocenters. The summed E-state index contributed by atoms with van der Waals surface area (Å²) in [7, 11) is 0. The van der Waals surface area contributed by atoms with Crippen molar-refractivity contribution in [1.29, 1.82) is 0 Å². The van der Waals surface area contributed by atoms with E-state index in [9.17, 15) is 0 Å². The van der Waals surface area contributed by atoms with Crippen molar-refractivity contribution in [1.82, 2.24) is 5.32 Å². The van der Waals surface area contributed by atoms with Crippen LogP contribution in [-0.4, -0.2) is 13.1 Å². The van der Waals surface area contributed by atoms with Crippen molar-refractivity contribution in [3.8, 4) is 0 Å². The van der Waals surface area contributed by atoms with Crippen molar-refractivity contribution in [2.75, 3.05) is 13.1 Å². The van der Waals surface area contributed by atoms with Gasteiger partial charge < -0.3 is 5.32 Å². The first-order valence-corrected chi connectivity index (χ1v) is 17.6. The Hall–Kier alpha value is -0.0400. The van der Waals surface area contributed by atoms with E-state index < -0.39 is 0 Å². The summed E-state index contributed by atoms with van der Waals surface area (Å²) >= 11 is 0. The average Bonchev–Trinajstić information content (AvgIpc) is 2.89. The molecule has 0 aliphatic carbocycles. The first-order chi connectivity index (χ1) is 17.9. The lowest BCUT2D eigenvalue weighted by atomic mass is 10.0. The summed E-state index contributed by atoms with van der Waals surface area (Å²) in [6, 6.07) is 0. The number of nitrogens with one attached hydrogen (secondary N) is 1. The summed E-state index contributed by atoms with van der Waals surface area (Å²) in [5.74, 6) is 0. The third kappa shape index (κ3) is 34.0. The minimum atomic E-state index is 1.25. The molecule has 0 spiro atoms. The summed E-state index contributed by atoms with van der Waals surface area (Å²) in [6.07, 6.45) is 45.2. The van der Waals surface area contributed by atoms with E-state index in [2.05, 4.69) is 19.2 Å². The van der Waals surface area contributed by atoms with Crippen molar-refractivity contribution >= 4 is 0 Å². The highest BCUT2D eigenvalue weighted by atomic mass is 14.8. The van der Waals surface area contributed by atoms with Crippen LogP contribution in [0.25, 0.3) is 0 Å². The van der Waals surface area contributed by atoms with Crippen LogP contribution in [0.15, 0.2) is 0 Å². The quantitative estimate of drug-likeness (QED) is 0.0870. The zero-order valence-corrected chi connectivity index (χ0v) is 25.8. The van der Waals surface area contributed by atoms with E-state index in [0.717, 1.165) is 0 Å². The number of rotatable bonds is 33. The lowest BCUT2D eigenvalue weighted by molar-refractivity contribution is 0.516. The van der Waals surface area contributed by atoms with Crippen molar-refractivity contribution in [3.63, 3.8) is 0 Å². The molecule has 0 radical (unpaired) electrons. The van der Waals surface area contributed by atoms with E-state index in [1.54, 1.807) is 0 Å². The van der Waals surface area contributed by atoms with Gasteiger partial charge in [0.05, 0.1) is 0 Å². The molecule has 0 aromatic rings. The Bertz CT molecular complexity index is 319. The van der Waals surface area contributed by atoms with Crippen molar-refractivity contribution in [3.05, 3.63) is 0 Å². The molecule has 0 rings (SSSR count). The maximum Gasteiger partial charge on any atom is -0.00489 e. The van der Waals surface area contributed by atoms with Crippen LogP contribution in [0, 0.1) is 0 Å². The van der Waals surface area contributed by atoms with Crippen molar-refractivity contribution in [2.24, 2.45) is 0 Å². The molecule has 36 heavy (non-hydrogen) atoms. The standard InChI is InChI=1S/C35H73N/c1-3-5-7-9-11-13-15-17-19-20-21-23-25-27-29-31-33-35-36-34-32-30-28-26-24-22-18-16-14-12-10-8-6-4-2/h36H,3-35H2,1-2H3. The molecule has 0 fully saturated rings. The summed E-state index contributed by atoms with van der Waals surface area (Å²) in [5.41, 5.74) is 0. The molecule has 1 N–H and O–H groups in total. The smallest absolute Gasteiger partial charge is 0.00489 e. The lowest BCUT2D eigenvalue weighted by Crippen LogP contribution is -2.16. The average molecular weight is 508 g/mol. The fourth-order valence-corrected chi connectivity index (χ4v) is 5.54. The second-order valence-corrected chi connectivity index (χ2v) is 12.0. The Morgan fingerprint density at radius 1 is 0.222 bits per heavy atom. The van der Waals surface area contributed by atoms with Crippen LogP contribution in [0.4, 0.5) is 0 Å². The van der Waals surface area contributed by atoms with Crippen LogP contribution in [0.2, 0.25) is 0 Å². The molecule has 0 saturated heterocycles. The van der Waals surface area contributed by atoms with Crippen LogP contribution >= 0.6 is 0 Å². The van der Waals surface area contributed by atoms with Gasteiger partial charge in [-0.2, -0.15) is 0 Å². The van der Waals surface area contributed by atoms with Crippen LogP contribution < -0.4 is 5.32 Å². The van der Waals surface area contributed by atoms with Crippen LogP contribution in [0.3, 0.4) is 0 Å². The summed E-state index contributed by atoms with van der Waals surface area (Å²) in [6.45, 7) is 7.10. The molecular formula is C35H73N. The Kier molecular flexibility index (Phi) is 34.9. The van der Waals surface area contributed by atoms with Gasteiger partial charge in [0.25, 0.3) is 0 Å². The summed E-state index contributed by atoms with van der Waals surface area (Å²) < 4.78 is 0. The maximum absolute atomic E-state index is 3.68. The molecule has 0 saturated carbocycles. The monoisotopic (exact) mass is 508 g/mol. The molecule has 0 aliphatic heterocycles. The number of unbranched alkanes of at least 4 members (excludes halogenated alkanes) is 29. The van der Waals surface area contributed by atoms with E-state index in [-0.39, 0.29) is 0 Å². The van der Waals surface area contributed by atoms with Gasteiger partial charge in [-0.1, -0.05) is 200 Å². The lowest BCUT2D eigenvalue weighted by Gasteiger charge is -2.06. The molecule has 0 aromatic carbocycles. The molecule has 0 aliphatic rings. The number of hydrogen-bond acceptors (Lipinski definition) is 1. The molecule has 0 aromatic heterocycles. The van der Waals surface area contributed by atoms with E-state index in [4.69, 9.17) is 0 Å². The Balaban J connectivity index is 3.00. The first-order valence-electron chi connectivity index (χ1n) is 17.6. The minimum Gasteiger partial charge on any atom is -0.317 e. The predicted molar refractivity (Wildman–Crippen MR) is 167 cm³/mol.